The van der Waals surface area contributed by atoms with Crippen molar-refractivity contribution < 1.29 is 23.8 Å². The maximum Gasteiger partial charge on any atom is 0.236 e. The van der Waals surface area contributed by atoms with Crippen molar-refractivity contribution in [1.29, 1.82) is 0 Å². The van der Waals surface area contributed by atoms with E-state index in [1.165, 1.54) is 26.4 Å². The molecule has 8 heteroatoms. The molecule has 2 atom stereocenters. The second kappa shape index (κ2) is 7.89. The molecule has 0 saturated carbocycles. The standard InChI is InChI=1S/C23H23ClN2O5/c1-13-9-15(26(2)12-14-7-5-6-8-25-14)10-18(27)23(13)22(28)19-16(29-3)11-17(30-4)20(24)21(19)31-23/h5-8,10-11,13H,9,12H2,1-4H3. The third-order valence-electron chi connectivity index (χ3n) is 5.91. The normalized spacial score (nSPS) is 22.1. The van der Waals surface area contributed by atoms with Gasteiger partial charge in [-0.15, -0.1) is 0 Å². The monoisotopic (exact) mass is 442 g/mol. The first kappa shape index (κ1) is 21.2. The fraction of sp³-hybridized carbons (Fsp3) is 0.348. The van der Waals surface area contributed by atoms with Gasteiger partial charge in [0.05, 0.1) is 26.5 Å². The Balaban J connectivity index is 1.70. The lowest BCUT2D eigenvalue weighted by Gasteiger charge is -2.37. The summed E-state index contributed by atoms with van der Waals surface area (Å²) in [6.45, 7) is 2.38. The highest BCUT2D eigenvalue weighted by atomic mass is 35.5. The number of fused-ring (bicyclic) bond motifs is 1. The smallest absolute Gasteiger partial charge is 0.236 e. The summed E-state index contributed by atoms with van der Waals surface area (Å²) in [7, 11) is 4.80. The molecule has 0 bridgehead atoms. The van der Waals surface area contributed by atoms with Gasteiger partial charge in [0.2, 0.25) is 17.2 Å². The van der Waals surface area contributed by atoms with Crippen LogP contribution in [0.5, 0.6) is 17.2 Å². The fourth-order valence-electron chi connectivity index (χ4n) is 4.21. The molecule has 0 saturated heterocycles. The summed E-state index contributed by atoms with van der Waals surface area (Å²) in [5.41, 5.74) is 0.209. The van der Waals surface area contributed by atoms with Crippen LogP contribution in [0.4, 0.5) is 0 Å². The van der Waals surface area contributed by atoms with Crippen LogP contribution in [0.15, 0.2) is 42.2 Å². The highest BCUT2D eigenvalue weighted by molar-refractivity contribution is 6.36. The number of aromatic nitrogens is 1. The minimum absolute atomic E-state index is 0.127. The molecule has 2 heterocycles. The van der Waals surface area contributed by atoms with E-state index in [-0.39, 0.29) is 22.1 Å². The Morgan fingerprint density at radius 1 is 1.26 bits per heavy atom. The van der Waals surface area contributed by atoms with Crippen LogP contribution in [0.3, 0.4) is 0 Å². The van der Waals surface area contributed by atoms with Crippen molar-refractivity contribution in [3.8, 4) is 17.2 Å². The Labute approximate surface area is 185 Å². The van der Waals surface area contributed by atoms with E-state index in [1.807, 2.05) is 37.1 Å². The predicted molar refractivity (Wildman–Crippen MR) is 115 cm³/mol. The summed E-state index contributed by atoms with van der Waals surface area (Å²) in [6, 6.07) is 7.23. The second-order valence-electron chi connectivity index (χ2n) is 7.75. The van der Waals surface area contributed by atoms with Crippen molar-refractivity contribution in [3.63, 3.8) is 0 Å². The van der Waals surface area contributed by atoms with E-state index in [0.717, 1.165) is 11.4 Å². The van der Waals surface area contributed by atoms with Crippen molar-refractivity contribution in [2.45, 2.75) is 25.5 Å². The van der Waals surface area contributed by atoms with E-state index in [4.69, 9.17) is 25.8 Å². The second-order valence-corrected chi connectivity index (χ2v) is 8.13. The average molecular weight is 443 g/mol. The van der Waals surface area contributed by atoms with Gasteiger partial charge in [0.1, 0.15) is 22.1 Å². The van der Waals surface area contributed by atoms with Gasteiger partial charge in [-0.1, -0.05) is 24.6 Å². The van der Waals surface area contributed by atoms with Crippen LogP contribution in [-0.4, -0.2) is 48.3 Å². The summed E-state index contributed by atoms with van der Waals surface area (Å²) >= 11 is 6.42. The first-order chi connectivity index (χ1) is 14.8. The highest BCUT2D eigenvalue weighted by Crippen LogP contribution is 2.53. The maximum atomic E-state index is 13.5. The maximum absolute atomic E-state index is 13.5. The summed E-state index contributed by atoms with van der Waals surface area (Å²) in [4.78, 5) is 33.2. The number of benzene rings is 1. The predicted octanol–water partition coefficient (Wildman–Crippen LogP) is 3.69. The molecule has 2 aromatic rings. The van der Waals surface area contributed by atoms with Gasteiger partial charge in [0, 0.05) is 37.0 Å². The van der Waals surface area contributed by atoms with Crippen LogP contribution in [0.2, 0.25) is 5.02 Å². The van der Waals surface area contributed by atoms with E-state index < -0.39 is 23.1 Å². The zero-order valence-electron chi connectivity index (χ0n) is 17.8. The number of carbonyl (C=O) groups is 2. The number of nitrogens with zero attached hydrogens (tertiary/aromatic N) is 2. The van der Waals surface area contributed by atoms with Crippen molar-refractivity contribution in [3.05, 3.63) is 58.5 Å². The lowest BCUT2D eigenvalue weighted by Crippen LogP contribution is -2.55. The van der Waals surface area contributed by atoms with Gasteiger partial charge >= 0.3 is 0 Å². The number of allylic oxidation sites excluding steroid dienone is 1. The molecule has 4 rings (SSSR count). The lowest BCUT2D eigenvalue weighted by molar-refractivity contribution is -0.129. The SMILES string of the molecule is COc1cc(OC)c2c(c1Cl)OC1(C(=O)C=C(N(C)Cc3ccccn3)CC1C)C2=O. The van der Waals surface area contributed by atoms with Gasteiger partial charge in [-0.2, -0.15) is 0 Å². The van der Waals surface area contributed by atoms with Crippen LogP contribution in [0.25, 0.3) is 0 Å². The fourth-order valence-corrected chi connectivity index (χ4v) is 4.47. The van der Waals surface area contributed by atoms with Gasteiger partial charge in [-0.3, -0.25) is 14.6 Å². The first-order valence-electron chi connectivity index (χ1n) is 9.87. The van der Waals surface area contributed by atoms with Crippen LogP contribution < -0.4 is 14.2 Å². The summed E-state index contributed by atoms with van der Waals surface area (Å²) in [5, 5.41) is 0.144. The number of pyridine rings is 1. The minimum atomic E-state index is -1.67. The molecule has 0 fully saturated rings. The molecule has 1 spiro atoms. The average Bonchev–Trinajstić information content (AvgIpc) is 3.08. The van der Waals surface area contributed by atoms with Gasteiger partial charge < -0.3 is 19.1 Å². The quantitative estimate of drug-likeness (QED) is 0.653. The van der Waals surface area contributed by atoms with Crippen LogP contribution >= 0.6 is 11.6 Å². The molecule has 1 aromatic heterocycles. The molecule has 0 radical (unpaired) electrons. The van der Waals surface area contributed by atoms with E-state index in [1.54, 1.807) is 6.20 Å². The third-order valence-corrected chi connectivity index (χ3v) is 6.27. The van der Waals surface area contributed by atoms with Crippen molar-refractivity contribution in [2.24, 2.45) is 5.92 Å². The first-order valence-corrected chi connectivity index (χ1v) is 10.3. The number of carbonyl (C=O) groups excluding carboxylic acids is 2. The van der Waals surface area contributed by atoms with Crippen molar-refractivity contribution in [1.82, 2.24) is 9.88 Å². The molecule has 31 heavy (non-hydrogen) atoms. The molecule has 0 amide bonds. The summed E-state index contributed by atoms with van der Waals surface area (Å²) in [6.07, 6.45) is 3.70. The Kier molecular flexibility index (Phi) is 5.39. The van der Waals surface area contributed by atoms with Crippen molar-refractivity contribution >= 4 is 23.2 Å². The number of methoxy groups -OCH3 is 2. The number of hydrogen-bond donors (Lipinski definition) is 0. The van der Waals surface area contributed by atoms with Gasteiger partial charge in [0.25, 0.3) is 0 Å². The van der Waals surface area contributed by atoms with Crippen LogP contribution in [-0.2, 0) is 11.3 Å². The molecule has 7 nitrogen and oxygen atoms in total. The molecule has 1 aromatic carbocycles. The molecule has 2 aliphatic rings. The van der Waals surface area contributed by atoms with Crippen LogP contribution in [0.1, 0.15) is 29.4 Å². The Morgan fingerprint density at radius 3 is 2.61 bits per heavy atom. The molecular formula is C23H23ClN2O5. The number of rotatable bonds is 5. The minimum Gasteiger partial charge on any atom is -0.496 e. The van der Waals surface area contributed by atoms with E-state index in [9.17, 15) is 9.59 Å². The largest absolute Gasteiger partial charge is 0.496 e. The lowest BCUT2D eigenvalue weighted by atomic mass is 9.74. The number of Topliss-reactive ketones (excluding diaryl/α,β-unsaturated/α-hetero) is 1. The van der Waals surface area contributed by atoms with Crippen molar-refractivity contribution in [2.75, 3.05) is 21.3 Å². The molecule has 2 unspecified atom stereocenters. The number of halogens is 1. The van der Waals surface area contributed by atoms with E-state index >= 15 is 0 Å². The molecule has 1 aliphatic heterocycles. The topological polar surface area (TPSA) is 78.0 Å². The van der Waals surface area contributed by atoms with Gasteiger partial charge in [-0.25, -0.2) is 0 Å². The molecule has 1 aliphatic carbocycles. The Bertz CT molecular complexity index is 1090. The summed E-state index contributed by atoms with van der Waals surface area (Å²) < 4.78 is 16.7. The molecular weight excluding hydrogens is 420 g/mol. The Morgan fingerprint density at radius 2 is 2.00 bits per heavy atom. The van der Waals surface area contributed by atoms with E-state index in [2.05, 4.69) is 4.98 Å². The third kappa shape index (κ3) is 3.24. The Hall–Kier alpha value is -3.06. The molecule has 0 N–H and O–H groups in total. The highest BCUT2D eigenvalue weighted by Gasteiger charge is 2.60. The number of ether oxygens (including phenoxy) is 3. The number of hydrogen-bond acceptors (Lipinski definition) is 7. The zero-order chi connectivity index (χ0) is 22.3. The van der Waals surface area contributed by atoms with Gasteiger partial charge in [0.15, 0.2) is 5.75 Å². The van der Waals surface area contributed by atoms with Gasteiger partial charge in [-0.05, 0) is 18.6 Å². The molecule has 162 valence electrons. The summed E-state index contributed by atoms with van der Waals surface area (Å²) in [5.74, 6) is -0.569. The number of ketones is 2. The van der Waals surface area contributed by atoms with E-state index in [0.29, 0.717) is 18.7 Å². The zero-order valence-corrected chi connectivity index (χ0v) is 18.5. The van der Waals surface area contributed by atoms with Crippen LogP contribution in [0, 0.1) is 5.92 Å².